The summed E-state index contributed by atoms with van der Waals surface area (Å²) in [6.45, 7) is 1.87. The molecule has 0 saturated carbocycles. The van der Waals surface area contributed by atoms with Gasteiger partial charge in [0.25, 0.3) is 0 Å². The molecular formula is C23H12O7. The molecule has 0 amide bonds. The molecule has 0 spiro atoms. The molecule has 0 unspecified atom stereocenters. The fourth-order valence-electron chi connectivity index (χ4n) is 3.46. The van der Waals surface area contributed by atoms with E-state index in [1.54, 1.807) is 12.1 Å². The lowest BCUT2D eigenvalue weighted by Crippen LogP contribution is -1.98. The zero-order chi connectivity index (χ0) is 21.0. The number of esters is 4. The van der Waals surface area contributed by atoms with Crippen molar-refractivity contribution in [1.29, 1.82) is 0 Å². The first-order valence-corrected chi connectivity index (χ1v) is 9.01. The molecule has 0 radical (unpaired) electrons. The standard InChI is InChI=1S/C23H12O7/c1-11-4-2-3-5-18(11)28-19-10-17-16(22(26)30-23(17)27)9-14(19)12-6-7-13-15(8-12)21(25)29-20(13)24/h2-10H,1H3. The third-order valence-corrected chi connectivity index (χ3v) is 5.01. The van der Waals surface area contributed by atoms with Crippen LogP contribution in [0, 0.1) is 6.92 Å². The van der Waals surface area contributed by atoms with Crippen LogP contribution in [-0.2, 0) is 9.47 Å². The lowest BCUT2D eigenvalue weighted by molar-refractivity contribution is 0.0425. The first kappa shape index (κ1) is 17.8. The van der Waals surface area contributed by atoms with Crippen molar-refractivity contribution in [2.75, 3.05) is 0 Å². The van der Waals surface area contributed by atoms with Crippen LogP contribution < -0.4 is 4.74 Å². The van der Waals surface area contributed by atoms with Crippen molar-refractivity contribution in [2.45, 2.75) is 6.92 Å². The van der Waals surface area contributed by atoms with Crippen LogP contribution in [0.3, 0.4) is 0 Å². The van der Waals surface area contributed by atoms with Gasteiger partial charge in [0.05, 0.1) is 22.3 Å². The van der Waals surface area contributed by atoms with Gasteiger partial charge in [-0.3, -0.25) is 0 Å². The molecule has 146 valence electrons. The Labute approximate surface area is 169 Å². The van der Waals surface area contributed by atoms with Gasteiger partial charge in [0, 0.05) is 5.56 Å². The maximum Gasteiger partial charge on any atom is 0.347 e. The molecule has 0 fully saturated rings. The lowest BCUT2D eigenvalue weighted by Gasteiger charge is -2.14. The van der Waals surface area contributed by atoms with Crippen molar-refractivity contribution in [3.8, 4) is 22.6 Å². The molecule has 7 nitrogen and oxygen atoms in total. The molecule has 3 aromatic carbocycles. The minimum Gasteiger partial charge on any atom is -0.456 e. The van der Waals surface area contributed by atoms with Crippen LogP contribution >= 0.6 is 0 Å². The number of para-hydroxylation sites is 1. The Morgan fingerprint density at radius 2 is 1.20 bits per heavy atom. The summed E-state index contributed by atoms with van der Waals surface area (Å²) in [5, 5.41) is 0. The molecular weight excluding hydrogens is 388 g/mol. The molecule has 0 saturated heterocycles. The van der Waals surface area contributed by atoms with Crippen molar-refractivity contribution >= 4 is 23.9 Å². The van der Waals surface area contributed by atoms with E-state index < -0.39 is 23.9 Å². The van der Waals surface area contributed by atoms with Crippen LogP contribution in [0.15, 0.2) is 54.6 Å². The number of hydrogen-bond donors (Lipinski definition) is 0. The molecule has 2 heterocycles. The smallest absolute Gasteiger partial charge is 0.347 e. The number of carbonyl (C=O) groups excluding carboxylic acids is 4. The van der Waals surface area contributed by atoms with Gasteiger partial charge in [0.15, 0.2) is 0 Å². The van der Waals surface area contributed by atoms with E-state index in [1.165, 1.54) is 24.3 Å². The van der Waals surface area contributed by atoms with Gasteiger partial charge >= 0.3 is 23.9 Å². The Bertz CT molecular complexity index is 1300. The molecule has 5 rings (SSSR count). The Balaban J connectivity index is 1.70. The van der Waals surface area contributed by atoms with Crippen molar-refractivity contribution in [3.05, 3.63) is 82.4 Å². The number of carbonyl (C=O) groups is 4. The molecule has 0 aromatic heterocycles. The van der Waals surface area contributed by atoms with Crippen molar-refractivity contribution in [3.63, 3.8) is 0 Å². The molecule has 3 aromatic rings. The molecule has 0 N–H and O–H groups in total. The van der Waals surface area contributed by atoms with Gasteiger partial charge in [-0.25, -0.2) is 19.2 Å². The predicted molar refractivity (Wildman–Crippen MR) is 103 cm³/mol. The fraction of sp³-hybridized carbons (Fsp3) is 0.0435. The van der Waals surface area contributed by atoms with E-state index >= 15 is 0 Å². The highest BCUT2D eigenvalue weighted by Gasteiger charge is 2.33. The topological polar surface area (TPSA) is 96.0 Å². The highest BCUT2D eigenvalue weighted by atomic mass is 16.6. The zero-order valence-electron chi connectivity index (χ0n) is 15.6. The number of fused-ring (bicyclic) bond motifs is 2. The first-order chi connectivity index (χ1) is 14.4. The third kappa shape index (κ3) is 2.68. The van der Waals surface area contributed by atoms with E-state index in [4.69, 9.17) is 9.47 Å². The monoisotopic (exact) mass is 400 g/mol. The SMILES string of the molecule is Cc1ccccc1Oc1cc2c(cc1-c1ccc3c(c1)C(=O)OC3=O)C(=O)OC2=O. The van der Waals surface area contributed by atoms with Gasteiger partial charge in [-0.1, -0.05) is 24.3 Å². The van der Waals surface area contributed by atoms with Gasteiger partial charge in [0.2, 0.25) is 0 Å². The van der Waals surface area contributed by atoms with Crippen molar-refractivity contribution < 1.29 is 33.4 Å². The molecule has 2 aliphatic heterocycles. The van der Waals surface area contributed by atoms with E-state index in [9.17, 15) is 19.2 Å². The summed E-state index contributed by atoms with van der Waals surface area (Å²) in [6.07, 6.45) is 0. The summed E-state index contributed by atoms with van der Waals surface area (Å²) < 4.78 is 15.4. The van der Waals surface area contributed by atoms with E-state index in [0.717, 1.165) is 5.56 Å². The van der Waals surface area contributed by atoms with E-state index in [0.29, 0.717) is 22.6 Å². The van der Waals surface area contributed by atoms with Crippen LogP contribution in [0.25, 0.3) is 11.1 Å². The Hall–Kier alpha value is -4.26. The fourth-order valence-corrected chi connectivity index (χ4v) is 3.46. The zero-order valence-corrected chi connectivity index (χ0v) is 15.6. The van der Waals surface area contributed by atoms with E-state index in [2.05, 4.69) is 4.74 Å². The van der Waals surface area contributed by atoms with Gasteiger partial charge in [-0.05, 0) is 48.4 Å². The number of benzene rings is 3. The Kier molecular flexibility index (Phi) is 3.79. The Morgan fingerprint density at radius 1 is 0.600 bits per heavy atom. The van der Waals surface area contributed by atoms with Gasteiger partial charge < -0.3 is 14.2 Å². The quantitative estimate of drug-likeness (QED) is 0.483. The van der Waals surface area contributed by atoms with E-state index in [1.807, 2.05) is 25.1 Å². The predicted octanol–water partition coefficient (Wildman–Crippen LogP) is 4.08. The van der Waals surface area contributed by atoms with Crippen LogP contribution in [0.1, 0.15) is 47.0 Å². The summed E-state index contributed by atoms with van der Waals surface area (Å²) in [5.41, 5.74) is 2.33. The highest BCUT2D eigenvalue weighted by molar-refractivity contribution is 6.17. The summed E-state index contributed by atoms with van der Waals surface area (Å²) in [4.78, 5) is 47.8. The molecule has 0 aliphatic carbocycles. The Morgan fingerprint density at radius 3 is 1.90 bits per heavy atom. The normalized spacial score (nSPS) is 14.3. The highest BCUT2D eigenvalue weighted by Crippen LogP contribution is 2.40. The first-order valence-electron chi connectivity index (χ1n) is 9.01. The third-order valence-electron chi connectivity index (χ3n) is 5.01. The van der Waals surface area contributed by atoms with Crippen molar-refractivity contribution in [2.24, 2.45) is 0 Å². The van der Waals surface area contributed by atoms with Crippen LogP contribution in [0.5, 0.6) is 11.5 Å². The second-order valence-electron chi connectivity index (χ2n) is 6.88. The summed E-state index contributed by atoms with van der Waals surface area (Å²) in [5.74, 6) is -2.09. The average Bonchev–Trinajstić information content (AvgIpc) is 3.17. The maximum atomic E-state index is 12.1. The lowest BCUT2D eigenvalue weighted by atomic mass is 9.96. The second kappa shape index (κ2) is 6.38. The molecule has 0 bridgehead atoms. The van der Waals surface area contributed by atoms with Crippen LogP contribution in [0.4, 0.5) is 0 Å². The number of ether oxygens (including phenoxy) is 3. The number of hydrogen-bond acceptors (Lipinski definition) is 7. The minimum atomic E-state index is -0.755. The van der Waals surface area contributed by atoms with Crippen LogP contribution in [0.2, 0.25) is 0 Å². The molecule has 7 heteroatoms. The minimum absolute atomic E-state index is 0.100. The molecule has 30 heavy (non-hydrogen) atoms. The maximum absolute atomic E-state index is 12.1. The van der Waals surface area contributed by atoms with Gasteiger partial charge in [-0.2, -0.15) is 0 Å². The number of cyclic esters (lactones) is 4. The van der Waals surface area contributed by atoms with Crippen molar-refractivity contribution in [1.82, 2.24) is 0 Å². The van der Waals surface area contributed by atoms with E-state index in [-0.39, 0.29) is 22.3 Å². The second-order valence-corrected chi connectivity index (χ2v) is 6.88. The number of rotatable bonds is 3. The van der Waals surface area contributed by atoms with Gasteiger partial charge in [-0.15, -0.1) is 0 Å². The van der Waals surface area contributed by atoms with Gasteiger partial charge in [0.1, 0.15) is 11.5 Å². The summed E-state index contributed by atoms with van der Waals surface area (Å²) in [7, 11) is 0. The van der Waals surface area contributed by atoms with Crippen LogP contribution in [-0.4, -0.2) is 23.9 Å². The molecule has 2 aliphatic rings. The number of aryl methyl sites for hydroxylation is 1. The molecule has 0 atom stereocenters. The average molecular weight is 400 g/mol. The summed E-state index contributed by atoms with van der Waals surface area (Å²) in [6, 6.07) is 14.8. The summed E-state index contributed by atoms with van der Waals surface area (Å²) >= 11 is 0. The largest absolute Gasteiger partial charge is 0.456 e.